The van der Waals surface area contributed by atoms with Crippen molar-refractivity contribution in [3.8, 4) is 5.75 Å². The standard InChI is InChI=1S/C13H16N6O2/c1-19(2)13-17-10(16-12(15)18-13)7-21-9-5-3-8(4-6-9)11(14)20/h3-6H,7H2,1-2H3,(H2,14,20)(H2,15,16,17,18). The zero-order chi connectivity index (χ0) is 15.4. The number of carbonyl (C=O) groups excluding carboxylic acids is 1. The van der Waals surface area contributed by atoms with Crippen LogP contribution in [0.4, 0.5) is 11.9 Å². The molecule has 0 spiro atoms. The van der Waals surface area contributed by atoms with Gasteiger partial charge in [-0.25, -0.2) is 0 Å². The second-order valence-electron chi connectivity index (χ2n) is 4.48. The lowest BCUT2D eigenvalue weighted by Gasteiger charge is -2.12. The third-order valence-corrected chi connectivity index (χ3v) is 2.59. The van der Waals surface area contributed by atoms with Crippen LogP contribution in [0.3, 0.4) is 0 Å². The highest BCUT2D eigenvalue weighted by molar-refractivity contribution is 5.92. The number of benzene rings is 1. The molecule has 21 heavy (non-hydrogen) atoms. The van der Waals surface area contributed by atoms with E-state index in [-0.39, 0.29) is 12.6 Å². The van der Waals surface area contributed by atoms with E-state index in [1.807, 2.05) is 14.1 Å². The van der Waals surface area contributed by atoms with E-state index in [1.54, 1.807) is 29.2 Å². The fourth-order valence-electron chi connectivity index (χ4n) is 1.55. The predicted molar refractivity (Wildman–Crippen MR) is 77.9 cm³/mol. The van der Waals surface area contributed by atoms with Crippen LogP contribution in [0.5, 0.6) is 5.75 Å². The van der Waals surface area contributed by atoms with Crippen molar-refractivity contribution in [2.75, 3.05) is 24.7 Å². The Labute approximate surface area is 121 Å². The van der Waals surface area contributed by atoms with Gasteiger partial charge in [0.2, 0.25) is 17.8 Å². The molecule has 2 aromatic rings. The molecule has 0 fully saturated rings. The Morgan fingerprint density at radius 2 is 1.86 bits per heavy atom. The number of hydrogen-bond acceptors (Lipinski definition) is 7. The molecule has 1 aromatic carbocycles. The van der Waals surface area contributed by atoms with Crippen LogP contribution in [-0.2, 0) is 6.61 Å². The first kappa shape index (κ1) is 14.5. The Kier molecular flexibility index (Phi) is 4.17. The number of rotatable bonds is 5. The Morgan fingerprint density at radius 1 is 1.19 bits per heavy atom. The number of amides is 1. The van der Waals surface area contributed by atoms with E-state index in [4.69, 9.17) is 16.2 Å². The van der Waals surface area contributed by atoms with Gasteiger partial charge in [0.05, 0.1) is 0 Å². The SMILES string of the molecule is CN(C)c1nc(N)nc(COc2ccc(C(N)=O)cc2)n1. The van der Waals surface area contributed by atoms with Crippen molar-refractivity contribution < 1.29 is 9.53 Å². The van der Waals surface area contributed by atoms with Crippen molar-refractivity contribution in [3.05, 3.63) is 35.7 Å². The summed E-state index contributed by atoms with van der Waals surface area (Å²) in [4.78, 5) is 24.9. The Morgan fingerprint density at radius 3 is 2.43 bits per heavy atom. The monoisotopic (exact) mass is 288 g/mol. The van der Waals surface area contributed by atoms with E-state index in [0.717, 1.165) is 0 Å². The average molecular weight is 288 g/mol. The lowest BCUT2D eigenvalue weighted by molar-refractivity contribution is 0.1000. The minimum absolute atomic E-state index is 0.136. The number of nitrogens with zero attached hydrogens (tertiary/aromatic N) is 4. The zero-order valence-electron chi connectivity index (χ0n) is 11.8. The molecule has 0 saturated carbocycles. The van der Waals surface area contributed by atoms with Crippen LogP contribution < -0.4 is 21.1 Å². The van der Waals surface area contributed by atoms with Crippen LogP contribution in [0.25, 0.3) is 0 Å². The molecule has 2 rings (SSSR count). The van der Waals surface area contributed by atoms with Gasteiger partial charge in [0, 0.05) is 19.7 Å². The van der Waals surface area contributed by atoms with Crippen molar-refractivity contribution >= 4 is 17.8 Å². The van der Waals surface area contributed by atoms with Gasteiger partial charge in [-0.3, -0.25) is 4.79 Å². The maximum Gasteiger partial charge on any atom is 0.248 e. The molecule has 1 heterocycles. The van der Waals surface area contributed by atoms with Gasteiger partial charge in [-0.2, -0.15) is 15.0 Å². The summed E-state index contributed by atoms with van der Waals surface area (Å²) in [6.45, 7) is 0.142. The first-order chi connectivity index (χ1) is 9.95. The molecule has 0 aliphatic heterocycles. The number of nitrogens with two attached hydrogens (primary N) is 2. The van der Waals surface area contributed by atoms with Crippen molar-refractivity contribution in [3.63, 3.8) is 0 Å². The van der Waals surface area contributed by atoms with Crippen molar-refractivity contribution in [2.45, 2.75) is 6.61 Å². The van der Waals surface area contributed by atoms with Crippen molar-refractivity contribution in [1.82, 2.24) is 15.0 Å². The van der Waals surface area contributed by atoms with Crippen LogP contribution in [-0.4, -0.2) is 35.0 Å². The van der Waals surface area contributed by atoms with Gasteiger partial charge < -0.3 is 21.1 Å². The molecule has 110 valence electrons. The van der Waals surface area contributed by atoms with Gasteiger partial charge in [0.25, 0.3) is 0 Å². The molecule has 0 unspecified atom stereocenters. The Hall–Kier alpha value is -2.90. The summed E-state index contributed by atoms with van der Waals surface area (Å²) in [6.07, 6.45) is 0. The molecule has 0 radical (unpaired) electrons. The van der Waals surface area contributed by atoms with Crippen molar-refractivity contribution in [2.24, 2.45) is 5.73 Å². The molecule has 1 aromatic heterocycles. The number of anilines is 2. The number of primary amides is 1. The lowest BCUT2D eigenvalue weighted by Crippen LogP contribution is -2.17. The third-order valence-electron chi connectivity index (χ3n) is 2.59. The van der Waals surface area contributed by atoms with Crippen molar-refractivity contribution in [1.29, 1.82) is 0 Å². The van der Waals surface area contributed by atoms with E-state index in [2.05, 4.69) is 15.0 Å². The quantitative estimate of drug-likeness (QED) is 0.806. The highest BCUT2D eigenvalue weighted by atomic mass is 16.5. The van der Waals surface area contributed by atoms with E-state index >= 15 is 0 Å². The summed E-state index contributed by atoms with van der Waals surface area (Å²) in [6, 6.07) is 6.48. The van der Waals surface area contributed by atoms with Gasteiger partial charge in [-0.05, 0) is 24.3 Å². The Balaban J connectivity index is 2.07. The summed E-state index contributed by atoms with van der Waals surface area (Å²) < 4.78 is 5.54. The lowest BCUT2D eigenvalue weighted by atomic mass is 10.2. The number of nitrogen functional groups attached to an aromatic ring is 1. The summed E-state index contributed by atoms with van der Waals surface area (Å²) in [7, 11) is 3.62. The Bertz CT molecular complexity index is 642. The molecule has 1 amide bonds. The molecule has 4 N–H and O–H groups in total. The van der Waals surface area contributed by atoms with Gasteiger partial charge in [-0.15, -0.1) is 0 Å². The zero-order valence-corrected chi connectivity index (χ0v) is 11.8. The molecule has 0 bridgehead atoms. The summed E-state index contributed by atoms with van der Waals surface area (Å²) in [5, 5.41) is 0. The summed E-state index contributed by atoms with van der Waals surface area (Å²) >= 11 is 0. The van der Waals surface area contributed by atoms with Crippen LogP contribution in [0, 0.1) is 0 Å². The predicted octanol–water partition coefficient (Wildman–Crippen LogP) is 0.198. The van der Waals surface area contributed by atoms with Gasteiger partial charge in [0.15, 0.2) is 5.82 Å². The van der Waals surface area contributed by atoms with E-state index in [1.165, 1.54) is 0 Å². The molecule has 8 nitrogen and oxygen atoms in total. The first-order valence-electron chi connectivity index (χ1n) is 6.16. The largest absolute Gasteiger partial charge is 0.486 e. The minimum atomic E-state index is -0.484. The first-order valence-corrected chi connectivity index (χ1v) is 6.16. The molecular formula is C13H16N6O2. The number of aromatic nitrogens is 3. The van der Waals surface area contributed by atoms with E-state index in [9.17, 15) is 4.79 Å². The average Bonchev–Trinajstić information content (AvgIpc) is 2.45. The van der Waals surface area contributed by atoms with Gasteiger partial charge in [-0.1, -0.05) is 0 Å². The number of carbonyl (C=O) groups is 1. The molecule has 0 saturated heterocycles. The molecule has 0 aliphatic rings. The maximum absolute atomic E-state index is 11.0. The van der Waals surface area contributed by atoms with Gasteiger partial charge >= 0.3 is 0 Å². The minimum Gasteiger partial charge on any atom is -0.486 e. The maximum atomic E-state index is 11.0. The second kappa shape index (κ2) is 6.04. The normalized spacial score (nSPS) is 10.2. The highest BCUT2D eigenvalue weighted by Crippen LogP contribution is 2.14. The fourth-order valence-corrected chi connectivity index (χ4v) is 1.55. The summed E-state index contributed by atoms with van der Waals surface area (Å²) in [5.74, 6) is 1.11. The highest BCUT2D eigenvalue weighted by Gasteiger charge is 2.07. The number of ether oxygens (including phenoxy) is 1. The molecule has 0 atom stereocenters. The molecular weight excluding hydrogens is 272 g/mol. The van der Waals surface area contributed by atoms with E-state index < -0.39 is 5.91 Å². The molecule has 0 aliphatic carbocycles. The summed E-state index contributed by atoms with van der Waals surface area (Å²) in [5.41, 5.74) is 11.2. The third kappa shape index (κ3) is 3.78. The van der Waals surface area contributed by atoms with Gasteiger partial charge in [0.1, 0.15) is 12.4 Å². The topological polar surface area (TPSA) is 120 Å². The fraction of sp³-hybridized carbons (Fsp3) is 0.231. The van der Waals surface area contributed by atoms with E-state index in [0.29, 0.717) is 23.1 Å². The van der Waals surface area contributed by atoms with Crippen LogP contribution in [0.15, 0.2) is 24.3 Å². The number of hydrogen-bond donors (Lipinski definition) is 2. The van der Waals surface area contributed by atoms with Crippen LogP contribution in [0.2, 0.25) is 0 Å². The smallest absolute Gasteiger partial charge is 0.248 e. The second-order valence-corrected chi connectivity index (χ2v) is 4.48. The van der Waals surface area contributed by atoms with Crippen LogP contribution >= 0.6 is 0 Å². The molecule has 8 heteroatoms. The van der Waals surface area contributed by atoms with Crippen LogP contribution in [0.1, 0.15) is 16.2 Å².